The van der Waals surface area contributed by atoms with Crippen molar-refractivity contribution < 1.29 is 39.3 Å². The van der Waals surface area contributed by atoms with Crippen molar-refractivity contribution >= 4 is 29.7 Å². The molecule has 27 heavy (non-hydrogen) atoms. The van der Waals surface area contributed by atoms with E-state index < -0.39 is 72.8 Å². The number of aliphatic hydroxyl groups is 1. The Morgan fingerprint density at radius 1 is 0.963 bits per heavy atom. The quantitative estimate of drug-likeness (QED) is 0.191. The average Bonchev–Trinajstić information content (AvgIpc) is 2.54. The molecule has 154 valence electrons. The van der Waals surface area contributed by atoms with Crippen molar-refractivity contribution in [2.24, 2.45) is 11.7 Å². The SMILES string of the molecule is CC(C)C(NC(=O)C(CC(=O)O)NC(=O)CNC(=O)C(N)C(C)O)C(=O)O. The predicted octanol–water partition coefficient (Wildman–Crippen LogP) is -3.00. The summed E-state index contributed by atoms with van der Waals surface area (Å²) in [4.78, 5) is 57.7. The summed E-state index contributed by atoms with van der Waals surface area (Å²) in [6.07, 6.45) is -1.94. The van der Waals surface area contributed by atoms with Gasteiger partial charge in [-0.15, -0.1) is 0 Å². The lowest BCUT2D eigenvalue weighted by Gasteiger charge is -2.22. The highest BCUT2D eigenvalue weighted by Crippen LogP contribution is 2.03. The summed E-state index contributed by atoms with van der Waals surface area (Å²) in [5, 5.41) is 33.6. The summed E-state index contributed by atoms with van der Waals surface area (Å²) in [5.74, 6) is -5.87. The molecule has 0 bridgehead atoms. The van der Waals surface area contributed by atoms with Crippen LogP contribution in [0, 0.1) is 5.92 Å². The Labute approximate surface area is 155 Å². The largest absolute Gasteiger partial charge is 0.481 e. The molecule has 12 nitrogen and oxygen atoms in total. The Hall–Kier alpha value is -2.73. The fourth-order valence-electron chi connectivity index (χ4n) is 1.90. The van der Waals surface area contributed by atoms with E-state index in [2.05, 4.69) is 16.0 Å². The van der Waals surface area contributed by atoms with Crippen molar-refractivity contribution in [2.75, 3.05) is 6.54 Å². The van der Waals surface area contributed by atoms with Gasteiger partial charge >= 0.3 is 11.9 Å². The minimum atomic E-state index is -1.54. The summed E-state index contributed by atoms with van der Waals surface area (Å²) in [6.45, 7) is 3.76. The minimum absolute atomic E-state index is 0.478. The highest BCUT2D eigenvalue weighted by Gasteiger charge is 2.30. The first-order valence-corrected chi connectivity index (χ1v) is 8.12. The Bertz CT molecular complexity index is 578. The number of carbonyl (C=O) groups excluding carboxylic acids is 3. The van der Waals surface area contributed by atoms with Crippen LogP contribution in [0.25, 0.3) is 0 Å². The van der Waals surface area contributed by atoms with Gasteiger partial charge in [0.1, 0.15) is 18.1 Å². The van der Waals surface area contributed by atoms with Crippen LogP contribution >= 0.6 is 0 Å². The third-order valence-corrected chi connectivity index (χ3v) is 3.51. The molecule has 3 amide bonds. The number of hydrogen-bond donors (Lipinski definition) is 7. The molecule has 0 aromatic carbocycles. The molecule has 0 aliphatic carbocycles. The number of aliphatic carboxylic acids is 2. The first-order valence-electron chi connectivity index (χ1n) is 8.12. The number of rotatable bonds is 11. The van der Waals surface area contributed by atoms with Gasteiger partial charge in [0.15, 0.2) is 0 Å². The normalized spacial score (nSPS) is 15.2. The third-order valence-electron chi connectivity index (χ3n) is 3.51. The molecule has 0 fully saturated rings. The average molecular weight is 390 g/mol. The van der Waals surface area contributed by atoms with Gasteiger partial charge in [-0.25, -0.2) is 4.79 Å². The maximum absolute atomic E-state index is 12.2. The van der Waals surface area contributed by atoms with Gasteiger partial charge in [0.2, 0.25) is 17.7 Å². The van der Waals surface area contributed by atoms with E-state index >= 15 is 0 Å². The topological polar surface area (TPSA) is 208 Å². The predicted molar refractivity (Wildman–Crippen MR) is 91.3 cm³/mol. The van der Waals surface area contributed by atoms with Gasteiger partial charge in [0, 0.05) is 0 Å². The van der Waals surface area contributed by atoms with Crippen molar-refractivity contribution in [1.29, 1.82) is 0 Å². The van der Waals surface area contributed by atoms with Gasteiger partial charge in [0.25, 0.3) is 0 Å². The Morgan fingerprint density at radius 3 is 1.93 bits per heavy atom. The van der Waals surface area contributed by atoms with Crippen LogP contribution in [0.5, 0.6) is 0 Å². The summed E-state index contributed by atoms with van der Waals surface area (Å²) in [6, 6.07) is -4.08. The molecule has 4 unspecified atom stereocenters. The third kappa shape index (κ3) is 8.96. The lowest BCUT2D eigenvalue weighted by Crippen LogP contribution is -2.55. The van der Waals surface area contributed by atoms with E-state index in [1.165, 1.54) is 6.92 Å². The summed E-state index contributed by atoms with van der Waals surface area (Å²) >= 11 is 0. The smallest absolute Gasteiger partial charge is 0.326 e. The van der Waals surface area contributed by atoms with Crippen LogP contribution in [-0.4, -0.2) is 75.8 Å². The number of carbonyl (C=O) groups is 5. The summed E-state index contributed by atoms with van der Waals surface area (Å²) in [5.41, 5.74) is 5.38. The van der Waals surface area contributed by atoms with E-state index in [-0.39, 0.29) is 0 Å². The molecule has 0 radical (unpaired) electrons. The number of nitrogens with one attached hydrogen (secondary N) is 3. The van der Waals surface area contributed by atoms with Gasteiger partial charge < -0.3 is 37.0 Å². The minimum Gasteiger partial charge on any atom is -0.481 e. The van der Waals surface area contributed by atoms with Gasteiger partial charge in [-0.1, -0.05) is 13.8 Å². The second kappa shape index (κ2) is 11.1. The molecule has 12 heteroatoms. The Kier molecular flexibility index (Phi) is 9.96. The standard InChI is InChI=1S/C15H26N4O8/c1-6(2)12(15(26)27)19-13(24)8(4-10(22)23)18-9(21)5-17-14(25)11(16)7(3)20/h6-8,11-12,20H,4-5,16H2,1-3H3,(H,17,25)(H,18,21)(H,19,24)(H,22,23)(H,26,27). The monoisotopic (exact) mass is 390 g/mol. The molecule has 0 aliphatic heterocycles. The zero-order chi connectivity index (χ0) is 21.3. The number of carboxylic acid groups (broad SMARTS) is 2. The number of hydrogen-bond acceptors (Lipinski definition) is 7. The summed E-state index contributed by atoms with van der Waals surface area (Å²) in [7, 11) is 0. The molecule has 0 aromatic rings. The van der Waals surface area contributed by atoms with E-state index in [1.807, 2.05) is 0 Å². The maximum Gasteiger partial charge on any atom is 0.326 e. The van der Waals surface area contributed by atoms with Crippen molar-refractivity contribution in [2.45, 2.75) is 51.4 Å². The van der Waals surface area contributed by atoms with Crippen LogP contribution in [0.2, 0.25) is 0 Å². The first kappa shape index (κ1) is 24.3. The molecule has 8 N–H and O–H groups in total. The van der Waals surface area contributed by atoms with Gasteiger partial charge in [-0.3, -0.25) is 19.2 Å². The summed E-state index contributed by atoms with van der Waals surface area (Å²) < 4.78 is 0. The van der Waals surface area contributed by atoms with Gasteiger partial charge in [0.05, 0.1) is 19.1 Å². The van der Waals surface area contributed by atoms with Crippen LogP contribution in [0.3, 0.4) is 0 Å². The number of amides is 3. The van der Waals surface area contributed by atoms with E-state index in [0.29, 0.717) is 0 Å². The molecule has 0 rings (SSSR count). The van der Waals surface area contributed by atoms with Crippen LogP contribution < -0.4 is 21.7 Å². The fraction of sp³-hybridized carbons (Fsp3) is 0.667. The molecule has 0 spiro atoms. The first-order chi connectivity index (χ1) is 12.4. The highest BCUT2D eigenvalue weighted by molar-refractivity contribution is 5.94. The van der Waals surface area contributed by atoms with Gasteiger partial charge in [-0.05, 0) is 12.8 Å². The van der Waals surface area contributed by atoms with E-state index in [0.717, 1.165) is 0 Å². The van der Waals surface area contributed by atoms with Crippen LogP contribution in [-0.2, 0) is 24.0 Å². The fourth-order valence-corrected chi connectivity index (χ4v) is 1.90. The lowest BCUT2D eigenvalue weighted by atomic mass is 10.0. The van der Waals surface area contributed by atoms with E-state index in [1.54, 1.807) is 13.8 Å². The number of aliphatic hydroxyl groups excluding tert-OH is 1. The molecule has 4 atom stereocenters. The molecule has 0 heterocycles. The Morgan fingerprint density at radius 2 is 1.52 bits per heavy atom. The second-order valence-corrected chi connectivity index (χ2v) is 6.27. The molecule has 0 aromatic heterocycles. The zero-order valence-electron chi connectivity index (χ0n) is 15.3. The van der Waals surface area contributed by atoms with Crippen molar-refractivity contribution in [3.05, 3.63) is 0 Å². The second-order valence-electron chi connectivity index (χ2n) is 6.27. The number of carboxylic acids is 2. The van der Waals surface area contributed by atoms with Crippen molar-refractivity contribution in [3.63, 3.8) is 0 Å². The zero-order valence-corrected chi connectivity index (χ0v) is 15.3. The highest BCUT2D eigenvalue weighted by atomic mass is 16.4. The van der Waals surface area contributed by atoms with Crippen LogP contribution in [0.1, 0.15) is 27.2 Å². The van der Waals surface area contributed by atoms with E-state index in [9.17, 15) is 29.1 Å². The lowest BCUT2D eigenvalue weighted by molar-refractivity contribution is -0.144. The Balaban J connectivity index is 4.92. The maximum atomic E-state index is 12.2. The van der Waals surface area contributed by atoms with Crippen LogP contribution in [0.4, 0.5) is 0 Å². The number of nitrogens with two attached hydrogens (primary N) is 1. The van der Waals surface area contributed by atoms with Crippen molar-refractivity contribution in [3.8, 4) is 0 Å². The molecule has 0 saturated carbocycles. The molecular weight excluding hydrogens is 364 g/mol. The van der Waals surface area contributed by atoms with Crippen molar-refractivity contribution in [1.82, 2.24) is 16.0 Å². The van der Waals surface area contributed by atoms with E-state index in [4.69, 9.17) is 15.9 Å². The molecule has 0 aliphatic rings. The molecule has 0 saturated heterocycles. The molecular formula is C15H26N4O8. The van der Waals surface area contributed by atoms with Gasteiger partial charge in [-0.2, -0.15) is 0 Å². The van der Waals surface area contributed by atoms with Crippen LogP contribution in [0.15, 0.2) is 0 Å².